The summed E-state index contributed by atoms with van der Waals surface area (Å²) in [7, 11) is 0. The molecule has 1 aromatic heterocycles. The molecule has 106 valence electrons. The number of fused-ring (bicyclic) bond motifs is 2. The van der Waals surface area contributed by atoms with E-state index >= 15 is 0 Å². The molecule has 0 fully saturated rings. The highest BCUT2D eigenvalue weighted by atomic mass is 15.1. The van der Waals surface area contributed by atoms with Crippen LogP contribution in [-0.4, -0.2) is 9.55 Å². The normalized spacial score (nSPS) is 17.9. The van der Waals surface area contributed by atoms with Crippen LogP contribution in [0.5, 0.6) is 0 Å². The Hall–Kier alpha value is -2.29. The van der Waals surface area contributed by atoms with Gasteiger partial charge in [0.05, 0.1) is 0 Å². The number of benzene rings is 2. The Morgan fingerprint density at radius 2 is 1.95 bits per heavy atom. The van der Waals surface area contributed by atoms with Crippen LogP contribution in [0.2, 0.25) is 0 Å². The molecule has 1 atom stereocenters. The smallest absolute Gasteiger partial charge is 0.131 e. The molecule has 0 amide bonds. The van der Waals surface area contributed by atoms with Gasteiger partial charge in [-0.15, -0.1) is 0 Å². The predicted molar refractivity (Wildman–Crippen MR) is 87.1 cm³/mol. The molecule has 0 saturated carbocycles. The van der Waals surface area contributed by atoms with Crippen molar-refractivity contribution in [2.24, 2.45) is 5.92 Å². The van der Waals surface area contributed by atoms with Crippen LogP contribution in [-0.2, 0) is 13.0 Å². The average Bonchev–Trinajstić information content (AvgIpc) is 2.83. The van der Waals surface area contributed by atoms with Crippen molar-refractivity contribution in [2.75, 3.05) is 5.73 Å². The third-order valence-electron chi connectivity index (χ3n) is 4.49. The summed E-state index contributed by atoms with van der Waals surface area (Å²) in [4.78, 5) is 4.82. The average molecular weight is 277 g/mol. The number of nitrogens with zero attached hydrogens (tertiary/aromatic N) is 2. The van der Waals surface area contributed by atoms with Gasteiger partial charge in [-0.3, -0.25) is 0 Å². The summed E-state index contributed by atoms with van der Waals surface area (Å²) in [5.74, 6) is 2.64. The summed E-state index contributed by atoms with van der Waals surface area (Å²) in [5, 5.41) is 2.48. The molecule has 1 aliphatic heterocycles. The molecule has 2 aromatic carbocycles. The van der Waals surface area contributed by atoms with Gasteiger partial charge in [-0.05, 0) is 29.2 Å². The maximum atomic E-state index is 6.35. The second-order valence-corrected chi connectivity index (χ2v) is 6.07. The number of anilines is 1. The third-order valence-corrected chi connectivity index (χ3v) is 4.49. The van der Waals surface area contributed by atoms with Gasteiger partial charge in [0.2, 0.25) is 0 Å². The monoisotopic (exact) mass is 277 g/mol. The first-order valence-electron chi connectivity index (χ1n) is 7.56. The summed E-state index contributed by atoms with van der Waals surface area (Å²) < 4.78 is 2.19. The second kappa shape index (κ2) is 4.62. The molecule has 3 aromatic rings. The first-order valence-corrected chi connectivity index (χ1v) is 7.56. The number of nitrogen functional groups attached to an aromatic ring is 1. The summed E-state index contributed by atoms with van der Waals surface area (Å²) in [6, 6.07) is 14.8. The minimum atomic E-state index is 0.698. The van der Waals surface area contributed by atoms with E-state index in [1.165, 1.54) is 17.2 Å². The van der Waals surface area contributed by atoms with Crippen molar-refractivity contribution in [1.82, 2.24) is 9.55 Å². The minimum absolute atomic E-state index is 0.698. The Kier molecular flexibility index (Phi) is 2.74. The highest BCUT2D eigenvalue weighted by molar-refractivity contribution is 5.88. The first kappa shape index (κ1) is 12.5. The van der Waals surface area contributed by atoms with Crippen molar-refractivity contribution in [3.8, 4) is 11.3 Å². The minimum Gasteiger partial charge on any atom is -0.383 e. The maximum absolute atomic E-state index is 6.35. The molecular weight excluding hydrogens is 258 g/mol. The topological polar surface area (TPSA) is 43.8 Å². The molecule has 21 heavy (non-hydrogen) atoms. The number of rotatable bonds is 1. The third kappa shape index (κ3) is 2.00. The fourth-order valence-electron chi connectivity index (χ4n) is 3.23. The molecule has 0 saturated heterocycles. The second-order valence-electron chi connectivity index (χ2n) is 6.07. The zero-order valence-corrected chi connectivity index (χ0v) is 12.2. The molecule has 2 N–H and O–H groups in total. The summed E-state index contributed by atoms with van der Waals surface area (Å²) in [5.41, 5.74) is 8.39. The van der Waals surface area contributed by atoms with Gasteiger partial charge in [0.25, 0.3) is 0 Å². The number of imidazole rings is 1. The van der Waals surface area contributed by atoms with Gasteiger partial charge in [0.15, 0.2) is 0 Å². The molecule has 3 nitrogen and oxygen atoms in total. The Morgan fingerprint density at radius 1 is 1.14 bits per heavy atom. The first-order chi connectivity index (χ1) is 10.2. The number of nitrogens with two attached hydrogens (primary N) is 1. The van der Waals surface area contributed by atoms with Crippen molar-refractivity contribution in [3.05, 3.63) is 48.3 Å². The van der Waals surface area contributed by atoms with Crippen LogP contribution in [0, 0.1) is 5.92 Å². The lowest BCUT2D eigenvalue weighted by atomic mass is 10.0. The fraction of sp³-hybridized carbons (Fsp3) is 0.278. The lowest BCUT2D eigenvalue weighted by Gasteiger charge is -2.20. The van der Waals surface area contributed by atoms with Crippen molar-refractivity contribution in [1.29, 1.82) is 0 Å². The standard InChI is InChI=1S/C18H19N3/c1-12-8-9-21-16(10-12)20-17(18(21)19)15-7-6-13-4-2-3-5-14(13)11-15/h2-7,11-12H,8-10,19H2,1H3. The zero-order valence-electron chi connectivity index (χ0n) is 12.2. The van der Waals surface area contributed by atoms with Crippen LogP contribution < -0.4 is 5.73 Å². The van der Waals surface area contributed by atoms with Crippen LogP contribution in [0.3, 0.4) is 0 Å². The van der Waals surface area contributed by atoms with Crippen LogP contribution >= 0.6 is 0 Å². The fourth-order valence-corrected chi connectivity index (χ4v) is 3.23. The van der Waals surface area contributed by atoms with Gasteiger partial charge >= 0.3 is 0 Å². The van der Waals surface area contributed by atoms with E-state index in [2.05, 4.69) is 54.0 Å². The zero-order chi connectivity index (χ0) is 14.4. The summed E-state index contributed by atoms with van der Waals surface area (Å²) in [6.45, 7) is 3.27. The van der Waals surface area contributed by atoms with Crippen molar-refractivity contribution < 1.29 is 0 Å². The molecule has 2 heterocycles. The van der Waals surface area contributed by atoms with E-state index in [0.717, 1.165) is 35.9 Å². The Labute approximate surface area is 124 Å². The van der Waals surface area contributed by atoms with E-state index in [0.29, 0.717) is 5.92 Å². The molecule has 0 spiro atoms. The van der Waals surface area contributed by atoms with Crippen molar-refractivity contribution in [2.45, 2.75) is 26.3 Å². The van der Waals surface area contributed by atoms with Gasteiger partial charge in [-0.25, -0.2) is 4.98 Å². The van der Waals surface area contributed by atoms with Crippen LogP contribution in [0.15, 0.2) is 42.5 Å². The molecule has 3 heteroatoms. The highest BCUT2D eigenvalue weighted by Crippen LogP contribution is 2.32. The summed E-state index contributed by atoms with van der Waals surface area (Å²) >= 11 is 0. The quantitative estimate of drug-likeness (QED) is 0.734. The lowest BCUT2D eigenvalue weighted by Crippen LogP contribution is -2.18. The Morgan fingerprint density at radius 3 is 2.81 bits per heavy atom. The molecule has 1 aliphatic rings. The predicted octanol–water partition coefficient (Wildman–Crippen LogP) is 3.87. The maximum Gasteiger partial charge on any atom is 0.131 e. The highest BCUT2D eigenvalue weighted by Gasteiger charge is 2.22. The van der Waals surface area contributed by atoms with Crippen LogP contribution in [0.1, 0.15) is 19.2 Å². The molecule has 0 bridgehead atoms. The largest absolute Gasteiger partial charge is 0.383 e. The SMILES string of the molecule is CC1CCn2c(nc(-c3ccc4ccccc4c3)c2N)C1. The Bertz CT molecular complexity index is 816. The van der Waals surface area contributed by atoms with E-state index in [-0.39, 0.29) is 0 Å². The molecular formula is C18H19N3. The lowest BCUT2D eigenvalue weighted by molar-refractivity contribution is 0.412. The van der Waals surface area contributed by atoms with E-state index in [9.17, 15) is 0 Å². The van der Waals surface area contributed by atoms with Gasteiger partial charge in [-0.2, -0.15) is 0 Å². The van der Waals surface area contributed by atoms with Crippen LogP contribution in [0.4, 0.5) is 5.82 Å². The van der Waals surface area contributed by atoms with Crippen LogP contribution in [0.25, 0.3) is 22.0 Å². The van der Waals surface area contributed by atoms with Crippen molar-refractivity contribution >= 4 is 16.6 Å². The molecule has 1 unspecified atom stereocenters. The number of hydrogen-bond donors (Lipinski definition) is 1. The van der Waals surface area contributed by atoms with Gasteiger partial charge in [0, 0.05) is 18.5 Å². The molecule has 0 aliphatic carbocycles. The number of hydrogen-bond acceptors (Lipinski definition) is 2. The summed E-state index contributed by atoms with van der Waals surface area (Å²) in [6.07, 6.45) is 2.21. The Balaban J connectivity index is 1.85. The van der Waals surface area contributed by atoms with Gasteiger partial charge in [-0.1, -0.05) is 43.3 Å². The molecule has 0 radical (unpaired) electrons. The van der Waals surface area contributed by atoms with E-state index < -0.39 is 0 Å². The van der Waals surface area contributed by atoms with E-state index in [1.54, 1.807) is 0 Å². The number of aromatic nitrogens is 2. The molecule has 4 rings (SSSR count). The van der Waals surface area contributed by atoms with Gasteiger partial charge in [0.1, 0.15) is 17.3 Å². The van der Waals surface area contributed by atoms with E-state index in [4.69, 9.17) is 10.7 Å². The van der Waals surface area contributed by atoms with Gasteiger partial charge < -0.3 is 10.3 Å². The van der Waals surface area contributed by atoms with Crippen molar-refractivity contribution in [3.63, 3.8) is 0 Å². The van der Waals surface area contributed by atoms with E-state index in [1.807, 2.05) is 0 Å².